The molecule has 114 valence electrons. The van der Waals surface area contributed by atoms with Crippen LogP contribution < -0.4 is 10.2 Å². The number of hydrogen-bond donors (Lipinski definition) is 1. The van der Waals surface area contributed by atoms with Gasteiger partial charge in [-0.05, 0) is 6.07 Å². The van der Waals surface area contributed by atoms with Crippen molar-refractivity contribution in [2.75, 3.05) is 33.1 Å². The van der Waals surface area contributed by atoms with Crippen molar-refractivity contribution in [2.24, 2.45) is 0 Å². The van der Waals surface area contributed by atoms with E-state index in [0.717, 1.165) is 22.5 Å². The molecular weight excluding hydrogens is 280 g/mol. The first-order chi connectivity index (χ1) is 10.6. The van der Waals surface area contributed by atoms with Gasteiger partial charge in [-0.3, -0.25) is 9.38 Å². The maximum absolute atomic E-state index is 4.63. The minimum Gasteiger partial charge on any atom is -0.381 e. The Hall–Kier alpha value is -2.90. The lowest BCUT2D eigenvalue weighted by molar-refractivity contribution is 0.550. The number of pyridine rings is 1. The predicted octanol–water partition coefficient (Wildman–Crippen LogP) is 0.689. The van der Waals surface area contributed by atoms with Gasteiger partial charge >= 0.3 is 0 Å². The van der Waals surface area contributed by atoms with Gasteiger partial charge in [-0.1, -0.05) is 0 Å². The van der Waals surface area contributed by atoms with Crippen LogP contribution in [0, 0.1) is 0 Å². The zero-order valence-corrected chi connectivity index (χ0v) is 13.0. The van der Waals surface area contributed by atoms with Gasteiger partial charge in [0.25, 0.3) is 5.78 Å². The van der Waals surface area contributed by atoms with E-state index in [4.69, 9.17) is 0 Å². The van der Waals surface area contributed by atoms with Crippen molar-refractivity contribution < 1.29 is 0 Å². The van der Waals surface area contributed by atoms with Crippen LogP contribution in [0.1, 0.15) is 0 Å². The Morgan fingerprint density at radius 2 is 2.14 bits per heavy atom. The molecular formula is C14H18N8. The minimum absolute atomic E-state index is 0.544. The fourth-order valence-corrected chi connectivity index (χ4v) is 2.33. The Morgan fingerprint density at radius 1 is 1.32 bits per heavy atom. The number of anilines is 1. The van der Waals surface area contributed by atoms with Crippen LogP contribution in [0.4, 0.5) is 5.82 Å². The van der Waals surface area contributed by atoms with Crippen LogP contribution in [0.2, 0.25) is 0 Å². The molecule has 0 fully saturated rings. The molecule has 3 heterocycles. The molecule has 3 aromatic rings. The van der Waals surface area contributed by atoms with Gasteiger partial charge in [0.05, 0.1) is 11.7 Å². The Morgan fingerprint density at radius 3 is 2.86 bits per heavy atom. The number of fused-ring (bicyclic) bond motifs is 3. The first-order valence-electron chi connectivity index (χ1n) is 6.85. The lowest BCUT2D eigenvalue weighted by atomic mass is 10.2. The smallest absolute Gasteiger partial charge is 0.257 e. The first kappa shape index (κ1) is 14.1. The molecule has 3 aromatic heterocycles. The first-order valence-corrected chi connectivity index (χ1v) is 6.85. The molecule has 0 saturated heterocycles. The average molecular weight is 298 g/mol. The number of rotatable bonds is 4. The number of aromatic nitrogens is 5. The van der Waals surface area contributed by atoms with Crippen LogP contribution in [0.5, 0.6) is 0 Å². The van der Waals surface area contributed by atoms with Crippen molar-refractivity contribution in [3.8, 4) is 0 Å². The van der Waals surface area contributed by atoms with Gasteiger partial charge in [-0.25, -0.2) is 0 Å². The molecule has 22 heavy (non-hydrogen) atoms. The van der Waals surface area contributed by atoms with Gasteiger partial charge in [0.15, 0.2) is 0 Å². The summed E-state index contributed by atoms with van der Waals surface area (Å²) in [5.74, 6) is 2.25. The zero-order valence-electron chi connectivity index (χ0n) is 13.0. The molecule has 0 amide bonds. The van der Waals surface area contributed by atoms with Crippen molar-refractivity contribution >= 4 is 22.5 Å². The summed E-state index contributed by atoms with van der Waals surface area (Å²) in [5.41, 5.74) is 0.916. The largest absolute Gasteiger partial charge is 0.381 e. The van der Waals surface area contributed by atoms with Crippen LogP contribution in [0.25, 0.3) is 16.7 Å². The molecule has 0 aliphatic heterocycles. The van der Waals surface area contributed by atoms with Crippen molar-refractivity contribution in [3.05, 3.63) is 36.8 Å². The fraction of sp³-hybridized carbons (Fsp3) is 0.286. The van der Waals surface area contributed by atoms with Crippen molar-refractivity contribution in [3.63, 3.8) is 0 Å². The lowest BCUT2D eigenvalue weighted by Crippen LogP contribution is -2.29. The topological polar surface area (TPSA) is 74.5 Å². The molecule has 0 radical (unpaired) electrons. The second-order valence-corrected chi connectivity index (χ2v) is 5.12. The van der Waals surface area contributed by atoms with E-state index in [1.54, 1.807) is 18.7 Å². The molecule has 0 aliphatic carbocycles. The third-order valence-corrected chi connectivity index (χ3v) is 3.35. The maximum atomic E-state index is 4.63. The van der Waals surface area contributed by atoms with Gasteiger partial charge in [0, 0.05) is 46.0 Å². The predicted molar refractivity (Wildman–Crippen MR) is 85.3 cm³/mol. The van der Waals surface area contributed by atoms with E-state index in [1.807, 2.05) is 54.7 Å². The highest BCUT2D eigenvalue weighted by Gasteiger charge is 2.15. The van der Waals surface area contributed by atoms with Crippen LogP contribution >= 0.6 is 0 Å². The molecule has 0 aliphatic rings. The SMILES string of the molecule is CN/C(=C\N(C)C)N(C)c1nc2nncn2c2cnccc12. The standard InChI is InChI=1S/C14H18N8/c1-15-12(8-20(2)3)21(4)13-10-5-6-16-7-11(10)22-9-17-19-14(22)18-13/h5-9,15H,1-4H3/b12-8+. The summed E-state index contributed by atoms with van der Waals surface area (Å²) in [7, 11) is 7.79. The summed E-state index contributed by atoms with van der Waals surface area (Å²) in [6.07, 6.45) is 7.18. The summed E-state index contributed by atoms with van der Waals surface area (Å²) in [6, 6.07) is 1.94. The van der Waals surface area contributed by atoms with Crippen molar-refractivity contribution in [2.45, 2.75) is 0 Å². The van der Waals surface area contributed by atoms with E-state index < -0.39 is 0 Å². The molecule has 0 aromatic carbocycles. The molecule has 3 rings (SSSR count). The van der Waals surface area contributed by atoms with Crippen LogP contribution in [0.15, 0.2) is 36.8 Å². The Bertz CT molecular complexity index is 835. The quantitative estimate of drug-likeness (QED) is 0.759. The minimum atomic E-state index is 0.544. The highest BCUT2D eigenvalue weighted by atomic mass is 15.3. The molecule has 0 spiro atoms. The third-order valence-electron chi connectivity index (χ3n) is 3.35. The van der Waals surface area contributed by atoms with Crippen molar-refractivity contribution in [1.29, 1.82) is 0 Å². The summed E-state index contributed by atoms with van der Waals surface area (Å²) in [4.78, 5) is 12.8. The Balaban J connectivity index is 2.24. The molecule has 1 N–H and O–H groups in total. The average Bonchev–Trinajstić information content (AvgIpc) is 2.99. The number of hydrogen-bond acceptors (Lipinski definition) is 7. The zero-order chi connectivity index (χ0) is 15.7. The Kier molecular flexibility index (Phi) is 3.50. The van der Waals surface area contributed by atoms with Crippen LogP contribution in [-0.2, 0) is 0 Å². The molecule has 0 unspecified atom stereocenters. The monoisotopic (exact) mass is 298 g/mol. The van der Waals surface area contributed by atoms with Gasteiger partial charge in [-0.15, -0.1) is 10.2 Å². The molecule has 0 saturated carbocycles. The molecule has 8 heteroatoms. The summed E-state index contributed by atoms with van der Waals surface area (Å²) in [6.45, 7) is 0. The fourth-order valence-electron chi connectivity index (χ4n) is 2.33. The Labute approximate surface area is 128 Å². The third kappa shape index (κ3) is 2.28. The van der Waals surface area contributed by atoms with E-state index in [0.29, 0.717) is 5.78 Å². The summed E-state index contributed by atoms with van der Waals surface area (Å²) in [5, 5.41) is 12.1. The van der Waals surface area contributed by atoms with Gasteiger partial charge < -0.3 is 15.1 Å². The highest BCUT2D eigenvalue weighted by molar-refractivity contribution is 5.91. The van der Waals surface area contributed by atoms with E-state index in [9.17, 15) is 0 Å². The normalized spacial score (nSPS) is 11.9. The van der Waals surface area contributed by atoms with Gasteiger partial charge in [-0.2, -0.15) is 4.98 Å². The maximum Gasteiger partial charge on any atom is 0.257 e. The van der Waals surface area contributed by atoms with Gasteiger partial charge in [0.1, 0.15) is 18.0 Å². The number of nitrogens with zero attached hydrogens (tertiary/aromatic N) is 7. The van der Waals surface area contributed by atoms with Crippen LogP contribution in [-0.4, -0.2) is 57.7 Å². The summed E-state index contributed by atoms with van der Waals surface area (Å²) < 4.78 is 1.83. The van der Waals surface area contributed by atoms with E-state index in [1.165, 1.54) is 0 Å². The van der Waals surface area contributed by atoms with E-state index in [-0.39, 0.29) is 0 Å². The lowest BCUT2D eigenvalue weighted by Gasteiger charge is -2.24. The molecule has 0 atom stereocenters. The molecule has 0 bridgehead atoms. The van der Waals surface area contributed by atoms with E-state index in [2.05, 4.69) is 25.5 Å². The van der Waals surface area contributed by atoms with Crippen molar-refractivity contribution in [1.82, 2.24) is 34.8 Å². The number of nitrogens with one attached hydrogen (secondary N) is 1. The molecule has 8 nitrogen and oxygen atoms in total. The summed E-state index contributed by atoms with van der Waals surface area (Å²) >= 11 is 0. The van der Waals surface area contributed by atoms with Gasteiger partial charge in [0.2, 0.25) is 0 Å². The van der Waals surface area contributed by atoms with Crippen LogP contribution in [0.3, 0.4) is 0 Å². The van der Waals surface area contributed by atoms with E-state index >= 15 is 0 Å². The highest BCUT2D eigenvalue weighted by Crippen LogP contribution is 2.25. The second kappa shape index (κ2) is 5.47. The second-order valence-electron chi connectivity index (χ2n) is 5.12.